The van der Waals surface area contributed by atoms with Crippen LogP contribution >= 0.6 is 0 Å². The van der Waals surface area contributed by atoms with Crippen molar-refractivity contribution in [2.75, 3.05) is 19.8 Å². The largest absolute Gasteiger partial charge is 0.481 e. The Bertz CT molecular complexity index is 1130. The molecule has 0 radical (unpaired) electrons. The molecular formula is C24H27F2NO5S. The van der Waals surface area contributed by atoms with Gasteiger partial charge in [-0.3, -0.25) is 4.79 Å². The van der Waals surface area contributed by atoms with E-state index in [1.807, 2.05) is 0 Å². The number of ether oxygens (including phenoxy) is 1. The summed E-state index contributed by atoms with van der Waals surface area (Å²) in [6, 6.07) is 10.4. The van der Waals surface area contributed by atoms with Gasteiger partial charge in [0.2, 0.25) is 0 Å². The predicted molar refractivity (Wildman–Crippen MR) is 119 cm³/mol. The van der Waals surface area contributed by atoms with Gasteiger partial charge in [-0.2, -0.15) is 0 Å². The van der Waals surface area contributed by atoms with Gasteiger partial charge in [-0.25, -0.2) is 17.2 Å². The lowest BCUT2D eigenvalue weighted by Crippen LogP contribution is -2.53. The number of carboxylic acid groups (broad SMARTS) is 1. The van der Waals surface area contributed by atoms with E-state index in [-0.39, 0.29) is 43.7 Å². The van der Waals surface area contributed by atoms with Crippen molar-refractivity contribution in [2.45, 2.75) is 42.2 Å². The van der Waals surface area contributed by atoms with Gasteiger partial charge < -0.3 is 15.2 Å². The summed E-state index contributed by atoms with van der Waals surface area (Å²) in [5.41, 5.74) is 0.555. The minimum Gasteiger partial charge on any atom is -0.481 e. The van der Waals surface area contributed by atoms with Crippen LogP contribution in [0.15, 0.2) is 42.5 Å². The number of hydrogen-bond donors (Lipinski definition) is 2. The third-order valence-electron chi connectivity index (χ3n) is 6.83. The van der Waals surface area contributed by atoms with Crippen molar-refractivity contribution < 1.29 is 31.8 Å². The molecule has 0 aliphatic carbocycles. The molecule has 0 saturated carbocycles. The SMILES string of the molecule is C[C@@H]1NC[C@@H](c2ccccc2)S(=O)(=O)C1Cc1cc(F)c([C@H]2COCC[C@@H]2C(=O)O)cc1F. The first kappa shape index (κ1) is 23.8. The third kappa shape index (κ3) is 4.67. The van der Waals surface area contributed by atoms with Gasteiger partial charge in [0.15, 0.2) is 9.84 Å². The lowest BCUT2D eigenvalue weighted by Gasteiger charge is -2.36. The topological polar surface area (TPSA) is 92.7 Å². The number of benzene rings is 2. The van der Waals surface area contributed by atoms with Gasteiger partial charge in [0.25, 0.3) is 0 Å². The van der Waals surface area contributed by atoms with Crippen LogP contribution in [-0.2, 0) is 25.8 Å². The summed E-state index contributed by atoms with van der Waals surface area (Å²) in [6.45, 7) is 2.22. The van der Waals surface area contributed by atoms with Crippen LogP contribution in [0.2, 0.25) is 0 Å². The number of nitrogens with one attached hydrogen (secondary N) is 1. The monoisotopic (exact) mass is 479 g/mol. The molecule has 0 spiro atoms. The number of carboxylic acids is 1. The maximum atomic E-state index is 15.1. The molecule has 2 fully saturated rings. The van der Waals surface area contributed by atoms with Crippen LogP contribution in [0.4, 0.5) is 8.78 Å². The summed E-state index contributed by atoms with van der Waals surface area (Å²) in [5.74, 6) is -4.24. The summed E-state index contributed by atoms with van der Waals surface area (Å²) in [5, 5.41) is 10.9. The van der Waals surface area contributed by atoms with Gasteiger partial charge >= 0.3 is 5.97 Å². The predicted octanol–water partition coefficient (Wildman–Crippen LogP) is 3.23. The number of hydrogen-bond acceptors (Lipinski definition) is 5. The van der Waals surface area contributed by atoms with Gasteiger partial charge in [-0.05, 0) is 48.6 Å². The van der Waals surface area contributed by atoms with Crippen molar-refractivity contribution >= 4 is 15.8 Å². The van der Waals surface area contributed by atoms with E-state index in [4.69, 9.17) is 4.74 Å². The van der Waals surface area contributed by atoms with Crippen molar-refractivity contribution in [3.05, 3.63) is 70.8 Å². The van der Waals surface area contributed by atoms with Crippen molar-refractivity contribution in [1.82, 2.24) is 5.32 Å². The molecule has 178 valence electrons. The Balaban J connectivity index is 1.63. The normalized spacial score (nSPS) is 29.5. The second kappa shape index (κ2) is 9.48. The lowest BCUT2D eigenvalue weighted by molar-refractivity contribution is -0.146. The molecule has 2 saturated heterocycles. The minimum atomic E-state index is -3.69. The molecule has 2 N–H and O–H groups in total. The van der Waals surface area contributed by atoms with E-state index in [1.165, 1.54) is 0 Å². The van der Waals surface area contributed by atoms with Crippen molar-refractivity contribution in [2.24, 2.45) is 5.92 Å². The average Bonchev–Trinajstić information content (AvgIpc) is 2.79. The third-order valence-corrected chi connectivity index (χ3v) is 9.48. The molecule has 33 heavy (non-hydrogen) atoms. The zero-order valence-electron chi connectivity index (χ0n) is 18.2. The maximum Gasteiger partial charge on any atom is 0.307 e. The maximum absolute atomic E-state index is 15.1. The fourth-order valence-electron chi connectivity index (χ4n) is 4.90. The summed E-state index contributed by atoms with van der Waals surface area (Å²) in [4.78, 5) is 11.6. The van der Waals surface area contributed by atoms with Crippen LogP contribution in [0.1, 0.15) is 41.2 Å². The molecule has 6 nitrogen and oxygen atoms in total. The van der Waals surface area contributed by atoms with Crippen LogP contribution in [0.3, 0.4) is 0 Å². The summed E-state index contributed by atoms with van der Waals surface area (Å²) >= 11 is 0. The molecule has 2 aromatic rings. The van der Waals surface area contributed by atoms with Gasteiger partial charge in [-0.15, -0.1) is 0 Å². The highest BCUT2D eigenvalue weighted by molar-refractivity contribution is 7.92. The number of halogens is 2. The Morgan fingerprint density at radius 3 is 2.61 bits per heavy atom. The summed E-state index contributed by atoms with van der Waals surface area (Å²) in [6.07, 6.45) is 0.0274. The zero-order chi connectivity index (χ0) is 23.8. The first-order valence-electron chi connectivity index (χ1n) is 11.0. The van der Waals surface area contributed by atoms with Gasteiger partial charge in [0, 0.05) is 25.1 Å². The Kier molecular flexibility index (Phi) is 6.83. The Hall–Kier alpha value is -2.36. The van der Waals surface area contributed by atoms with E-state index in [0.29, 0.717) is 5.56 Å². The fourth-order valence-corrected chi connectivity index (χ4v) is 7.27. The Morgan fingerprint density at radius 2 is 1.91 bits per heavy atom. The Labute approximate surface area is 191 Å². The highest BCUT2D eigenvalue weighted by atomic mass is 32.2. The first-order chi connectivity index (χ1) is 15.7. The zero-order valence-corrected chi connectivity index (χ0v) is 19.0. The van der Waals surface area contributed by atoms with Crippen LogP contribution in [0, 0.1) is 17.6 Å². The average molecular weight is 480 g/mol. The molecule has 5 atom stereocenters. The molecule has 0 aromatic heterocycles. The molecule has 2 aromatic carbocycles. The number of sulfone groups is 1. The number of rotatable bonds is 5. The molecule has 0 bridgehead atoms. The van der Waals surface area contributed by atoms with E-state index in [9.17, 15) is 18.3 Å². The lowest BCUT2D eigenvalue weighted by atomic mass is 9.82. The molecule has 9 heteroatoms. The number of aliphatic carboxylic acids is 1. The van der Waals surface area contributed by atoms with E-state index in [2.05, 4.69) is 5.32 Å². The quantitative estimate of drug-likeness (QED) is 0.684. The van der Waals surface area contributed by atoms with Gasteiger partial charge in [0.1, 0.15) is 11.6 Å². The second-order valence-corrected chi connectivity index (χ2v) is 11.2. The summed E-state index contributed by atoms with van der Waals surface area (Å²) in [7, 11) is -3.69. The van der Waals surface area contributed by atoms with Gasteiger partial charge in [0.05, 0.1) is 23.0 Å². The van der Waals surface area contributed by atoms with E-state index in [0.717, 1.165) is 12.1 Å². The number of carbonyl (C=O) groups is 1. The Morgan fingerprint density at radius 1 is 1.18 bits per heavy atom. The first-order valence-corrected chi connectivity index (χ1v) is 12.6. The molecule has 0 amide bonds. The van der Waals surface area contributed by atoms with E-state index < -0.39 is 55.8 Å². The standard InChI is InChI=1S/C24H27F2NO5S/c1-14-22(33(30,31)23(12-27-14)15-5-3-2-4-6-15)10-16-9-21(26)18(11-20(16)25)19-13-32-8-7-17(19)24(28)29/h2-6,9,11,14,17,19,22-23,27H,7-8,10,12-13H2,1H3,(H,28,29)/t14-,17-,19-,22?,23-/m0/s1. The van der Waals surface area contributed by atoms with E-state index in [1.54, 1.807) is 37.3 Å². The molecule has 2 aliphatic heterocycles. The van der Waals surface area contributed by atoms with Crippen molar-refractivity contribution in [1.29, 1.82) is 0 Å². The highest BCUT2D eigenvalue weighted by Gasteiger charge is 2.43. The minimum absolute atomic E-state index is 0.0105. The molecule has 2 heterocycles. The van der Waals surface area contributed by atoms with Crippen LogP contribution in [0.25, 0.3) is 0 Å². The van der Waals surface area contributed by atoms with Crippen LogP contribution in [-0.4, -0.2) is 50.5 Å². The van der Waals surface area contributed by atoms with E-state index >= 15 is 8.78 Å². The fraction of sp³-hybridized carbons (Fsp3) is 0.458. The molecule has 4 rings (SSSR count). The van der Waals surface area contributed by atoms with Crippen LogP contribution < -0.4 is 5.32 Å². The van der Waals surface area contributed by atoms with Crippen LogP contribution in [0.5, 0.6) is 0 Å². The summed E-state index contributed by atoms with van der Waals surface area (Å²) < 4.78 is 62.3. The van der Waals surface area contributed by atoms with Crippen molar-refractivity contribution in [3.8, 4) is 0 Å². The second-order valence-electron chi connectivity index (χ2n) is 8.81. The highest BCUT2D eigenvalue weighted by Crippen LogP contribution is 2.36. The van der Waals surface area contributed by atoms with Crippen molar-refractivity contribution in [3.63, 3.8) is 0 Å². The molecular weight excluding hydrogens is 452 g/mol. The molecule has 1 unspecified atom stereocenters. The smallest absolute Gasteiger partial charge is 0.307 e. The van der Waals surface area contributed by atoms with Gasteiger partial charge in [-0.1, -0.05) is 30.3 Å². The molecule has 2 aliphatic rings.